The van der Waals surface area contributed by atoms with E-state index in [1.54, 1.807) is 0 Å². The van der Waals surface area contributed by atoms with Gasteiger partial charge in [-0.1, -0.05) is 54.6 Å². The first-order chi connectivity index (χ1) is 9.29. The number of benzene rings is 2. The van der Waals surface area contributed by atoms with Gasteiger partial charge in [0.25, 0.3) is 0 Å². The van der Waals surface area contributed by atoms with Gasteiger partial charge in [-0.3, -0.25) is 4.79 Å². The molecule has 0 radical (unpaired) electrons. The van der Waals surface area contributed by atoms with E-state index in [1.165, 1.54) is 16.7 Å². The number of carbonyl (C=O) groups excluding carboxylic acids is 1. The zero-order valence-electron chi connectivity index (χ0n) is 10.5. The minimum absolute atomic E-state index is 0.0716. The van der Waals surface area contributed by atoms with Crippen molar-refractivity contribution < 1.29 is 9.53 Å². The van der Waals surface area contributed by atoms with E-state index in [-0.39, 0.29) is 17.5 Å². The number of esters is 1. The predicted octanol–water partition coefficient (Wildman–Crippen LogP) is 3.36. The molecule has 1 aliphatic carbocycles. The molecule has 1 unspecified atom stereocenters. The second-order valence-electron chi connectivity index (χ2n) is 5.39. The molecule has 2 heteroatoms. The molecular formula is C17H14O2. The second-order valence-corrected chi connectivity index (χ2v) is 5.39. The lowest BCUT2D eigenvalue weighted by atomic mass is 9.72. The van der Waals surface area contributed by atoms with Crippen LogP contribution in [-0.4, -0.2) is 5.97 Å². The van der Waals surface area contributed by atoms with E-state index >= 15 is 0 Å². The van der Waals surface area contributed by atoms with Crippen LogP contribution in [-0.2, 0) is 14.9 Å². The quantitative estimate of drug-likeness (QED) is 0.725. The summed E-state index contributed by atoms with van der Waals surface area (Å²) in [6.07, 6.45) is 1.25. The number of hydrogen-bond acceptors (Lipinski definition) is 2. The van der Waals surface area contributed by atoms with E-state index < -0.39 is 0 Å². The average molecular weight is 250 g/mol. The van der Waals surface area contributed by atoms with Crippen molar-refractivity contribution in [2.45, 2.75) is 24.4 Å². The van der Waals surface area contributed by atoms with Crippen LogP contribution in [0, 0.1) is 0 Å². The molecule has 2 aromatic carbocycles. The van der Waals surface area contributed by atoms with Gasteiger partial charge in [0.1, 0.15) is 6.10 Å². The molecule has 1 heterocycles. The molecule has 2 aliphatic rings. The number of ether oxygens (including phenoxy) is 1. The van der Waals surface area contributed by atoms with Crippen LogP contribution < -0.4 is 0 Å². The lowest BCUT2D eigenvalue weighted by molar-refractivity contribution is -0.155. The van der Waals surface area contributed by atoms with Crippen LogP contribution in [0.15, 0.2) is 54.6 Å². The summed E-state index contributed by atoms with van der Waals surface area (Å²) in [5.41, 5.74) is 3.48. The van der Waals surface area contributed by atoms with Gasteiger partial charge in [-0.15, -0.1) is 0 Å². The summed E-state index contributed by atoms with van der Waals surface area (Å²) in [5, 5.41) is 0. The van der Waals surface area contributed by atoms with E-state index in [4.69, 9.17) is 4.74 Å². The smallest absolute Gasteiger partial charge is 0.307 e. The first-order valence-corrected chi connectivity index (χ1v) is 6.64. The predicted molar refractivity (Wildman–Crippen MR) is 71.7 cm³/mol. The summed E-state index contributed by atoms with van der Waals surface area (Å²) in [7, 11) is 0. The molecule has 19 heavy (non-hydrogen) atoms. The first-order valence-electron chi connectivity index (χ1n) is 6.64. The lowest BCUT2D eigenvalue weighted by Gasteiger charge is -2.33. The molecule has 4 rings (SSSR count). The fourth-order valence-corrected chi connectivity index (χ4v) is 3.60. The monoisotopic (exact) mass is 250 g/mol. The third-order valence-corrected chi connectivity index (χ3v) is 4.40. The molecule has 0 N–H and O–H groups in total. The summed E-state index contributed by atoms with van der Waals surface area (Å²) >= 11 is 0. The molecule has 0 saturated carbocycles. The summed E-state index contributed by atoms with van der Waals surface area (Å²) < 4.78 is 5.51. The molecule has 2 nitrogen and oxygen atoms in total. The molecule has 2 atom stereocenters. The van der Waals surface area contributed by atoms with E-state index in [0.717, 1.165) is 6.42 Å². The maximum atomic E-state index is 11.9. The Labute approximate surface area is 112 Å². The number of fused-ring (bicyclic) bond motifs is 5. The highest BCUT2D eigenvalue weighted by Crippen LogP contribution is 2.55. The normalized spacial score (nSPS) is 27.8. The maximum absolute atomic E-state index is 11.9. The summed E-state index contributed by atoms with van der Waals surface area (Å²) in [5.74, 6) is -0.0868. The minimum Gasteiger partial charge on any atom is -0.457 e. The zero-order chi connectivity index (χ0) is 12.9. The number of carbonyl (C=O) groups is 1. The van der Waals surface area contributed by atoms with Crippen molar-refractivity contribution in [2.75, 3.05) is 0 Å². The Balaban J connectivity index is 1.98. The van der Waals surface area contributed by atoms with E-state index in [2.05, 4.69) is 30.3 Å². The van der Waals surface area contributed by atoms with Crippen LogP contribution in [0.3, 0.4) is 0 Å². The summed E-state index contributed by atoms with van der Waals surface area (Å²) in [6, 6.07) is 18.6. The topological polar surface area (TPSA) is 26.3 Å². The minimum atomic E-state index is -0.183. The van der Waals surface area contributed by atoms with Gasteiger partial charge in [-0.2, -0.15) is 0 Å². The summed E-state index contributed by atoms with van der Waals surface area (Å²) in [6.45, 7) is 0. The van der Waals surface area contributed by atoms with Crippen LogP contribution in [0.1, 0.15) is 35.6 Å². The van der Waals surface area contributed by atoms with Crippen molar-refractivity contribution in [3.8, 4) is 0 Å². The Kier molecular flexibility index (Phi) is 2.10. The first kappa shape index (κ1) is 10.8. The van der Waals surface area contributed by atoms with Gasteiger partial charge in [0.15, 0.2) is 0 Å². The van der Waals surface area contributed by atoms with Crippen molar-refractivity contribution in [3.63, 3.8) is 0 Å². The van der Waals surface area contributed by atoms with Crippen LogP contribution >= 0.6 is 0 Å². The van der Waals surface area contributed by atoms with Crippen molar-refractivity contribution in [3.05, 3.63) is 71.3 Å². The molecule has 0 amide bonds. The molecule has 0 spiro atoms. The Morgan fingerprint density at radius 2 is 1.74 bits per heavy atom. The standard InChI is InChI=1S/C17H14O2/c18-16-11-17(12-6-2-1-3-7-12)10-15(19-16)13-8-4-5-9-14(13)17/h1-9,15H,10-11H2/t15?,17-/m0/s1. The lowest BCUT2D eigenvalue weighted by Crippen LogP contribution is -2.33. The number of rotatable bonds is 1. The van der Waals surface area contributed by atoms with E-state index in [9.17, 15) is 4.79 Å². The Morgan fingerprint density at radius 1 is 1.00 bits per heavy atom. The van der Waals surface area contributed by atoms with Gasteiger partial charge in [-0.25, -0.2) is 0 Å². The average Bonchev–Trinajstić information content (AvgIpc) is 2.70. The van der Waals surface area contributed by atoms with Gasteiger partial charge < -0.3 is 4.74 Å². The van der Waals surface area contributed by atoms with Crippen molar-refractivity contribution in [1.82, 2.24) is 0 Å². The van der Waals surface area contributed by atoms with Gasteiger partial charge in [-0.05, 0) is 16.7 Å². The van der Waals surface area contributed by atoms with Crippen LogP contribution in [0.4, 0.5) is 0 Å². The van der Waals surface area contributed by atoms with E-state index in [1.807, 2.05) is 24.3 Å². The highest BCUT2D eigenvalue weighted by Gasteiger charge is 2.51. The van der Waals surface area contributed by atoms with Crippen molar-refractivity contribution in [2.24, 2.45) is 0 Å². The Bertz CT molecular complexity index is 647. The Morgan fingerprint density at radius 3 is 2.58 bits per heavy atom. The fourth-order valence-electron chi connectivity index (χ4n) is 3.60. The van der Waals surface area contributed by atoms with E-state index in [0.29, 0.717) is 6.42 Å². The third kappa shape index (κ3) is 1.40. The van der Waals surface area contributed by atoms with Crippen LogP contribution in [0.2, 0.25) is 0 Å². The van der Waals surface area contributed by atoms with Crippen molar-refractivity contribution >= 4 is 5.97 Å². The molecule has 1 saturated heterocycles. The molecular weight excluding hydrogens is 236 g/mol. The molecule has 94 valence electrons. The third-order valence-electron chi connectivity index (χ3n) is 4.40. The molecule has 2 aromatic rings. The second kappa shape index (κ2) is 3.70. The molecule has 1 fully saturated rings. The molecule has 2 bridgehead atoms. The Hall–Kier alpha value is -2.09. The van der Waals surface area contributed by atoms with Gasteiger partial charge in [0.2, 0.25) is 0 Å². The summed E-state index contributed by atoms with van der Waals surface area (Å²) in [4.78, 5) is 11.9. The fraction of sp³-hybridized carbons (Fsp3) is 0.235. The number of hydrogen-bond donors (Lipinski definition) is 0. The highest BCUT2D eigenvalue weighted by atomic mass is 16.5. The van der Waals surface area contributed by atoms with Crippen LogP contribution in [0.5, 0.6) is 0 Å². The van der Waals surface area contributed by atoms with Gasteiger partial charge >= 0.3 is 5.97 Å². The van der Waals surface area contributed by atoms with Crippen molar-refractivity contribution in [1.29, 1.82) is 0 Å². The molecule has 0 aromatic heterocycles. The largest absolute Gasteiger partial charge is 0.457 e. The SMILES string of the molecule is O=C1C[C@]2(c3ccccc3)CC(O1)c1ccccc12. The molecule has 1 aliphatic heterocycles. The maximum Gasteiger partial charge on any atom is 0.307 e. The van der Waals surface area contributed by atoms with Gasteiger partial charge in [0.05, 0.1) is 6.42 Å². The van der Waals surface area contributed by atoms with Crippen LogP contribution in [0.25, 0.3) is 0 Å². The highest BCUT2D eigenvalue weighted by molar-refractivity contribution is 5.76. The van der Waals surface area contributed by atoms with Gasteiger partial charge in [0, 0.05) is 11.8 Å². The zero-order valence-corrected chi connectivity index (χ0v) is 10.5.